The molecular weight excluding hydrogens is 244 g/mol. The molecule has 0 aliphatic heterocycles. The highest BCUT2D eigenvalue weighted by atomic mass is 16.5. The summed E-state index contributed by atoms with van der Waals surface area (Å²) < 4.78 is 5.13. The Morgan fingerprint density at radius 2 is 2.11 bits per heavy atom. The predicted octanol–water partition coefficient (Wildman–Crippen LogP) is 1.15. The maximum absolute atomic E-state index is 11.6. The van der Waals surface area contributed by atoms with Crippen molar-refractivity contribution in [2.24, 2.45) is 5.73 Å². The zero-order chi connectivity index (χ0) is 13.7. The highest BCUT2D eigenvalue weighted by Crippen LogP contribution is 2.17. The SMILES string of the molecule is NC1CCC(NC(=O)OCc2ccccc2)CC1O. The van der Waals surface area contributed by atoms with E-state index in [-0.39, 0.29) is 18.7 Å². The van der Waals surface area contributed by atoms with Gasteiger partial charge in [0.1, 0.15) is 6.61 Å². The molecule has 3 atom stereocenters. The molecule has 1 aliphatic rings. The molecule has 1 amide bonds. The lowest BCUT2D eigenvalue weighted by molar-refractivity contribution is 0.0843. The molecule has 1 fully saturated rings. The van der Waals surface area contributed by atoms with E-state index in [1.165, 1.54) is 0 Å². The van der Waals surface area contributed by atoms with Crippen LogP contribution in [0, 0.1) is 0 Å². The van der Waals surface area contributed by atoms with Gasteiger partial charge in [-0.15, -0.1) is 0 Å². The van der Waals surface area contributed by atoms with Gasteiger partial charge in [0.15, 0.2) is 0 Å². The second-order valence-electron chi connectivity index (χ2n) is 4.95. The zero-order valence-corrected chi connectivity index (χ0v) is 10.8. The van der Waals surface area contributed by atoms with Crippen LogP contribution in [-0.4, -0.2) is 29.4 Å². The molecule has 104 valence electrons. The van der Waals surface area contributed by atoms with Gasteiger partial charge in [0, 0.05) is 12.1 Å². The van der Waals surface area contributed by atoms with Gasteiger partial charge in [0.05, 0.1) is 6.10 Å². The van der Waals surface area contributed by atoms with Crippen LogP contribution in [0.15, 0.2) is 30.3 Å². The van der Waals surface area contributed by atoms with Gasteiger partial charge in [0.2, 0.25) is 0 Å². The van der Waals surface area contributed by atoms with Gasteiger partial charge in [-0.1, -0.05) is 30.3 Å². The Hall–Kier alpha value is -1.59. The lowest BCUT2D eigenvalue weighted by atomic mass is 9.89. The van der Waals surface area contributed by atoms with E-state index in [1.807, 2.05) is 30.3 Å². The third-order valence-electron chi connectivity index (χ3n) is 3.40. The van der Waals surface area contributed by atoms with Crippen molar-refractivity contribution in [1.29, 1.82) is 0 Å². The summed E-state index contributed by atoms with van der Waals surface area (Å²) in [5, 5.41) is 12.4. The molecule has 5 heteroatoms. The van der Waals surface area contributed by atoms with E-state index in [1.54, 1.807) is 0 Å². The number of carbonyl (C=O) groups is 1. The van der Waals surface area contributed by atoms with Gasteiger partial charge in [-0.2, -0.15) is 0 Å². The van der Waals surface area contributed by atoms with Gasteiger partial charge >= 0.3 is 6.09 Å². The Balaban J connectivity index is 1.73. The Labute approximate surface area is 112 Å². The summed E-state index contributed by atoms with van der Waals surface area (Å²) in [5.41, 5.74) is 6.66. The summed E-state index contributed by atoms with van der Waals surface area (Å²) >= 11 is 0. The molecule has 0 saturated heterocycles. The molecule has 1 saturated carbocycles. The molecule has 3 unspecified atom stereocenters. The largest absolute Gasteiger partial charge is 0.445 e. The molecule has 5 nitrogen and oxygen atoms in total. The summed E-state index contributed by atoms with van der Waals surface area (Å²) in [6.07, 6.45) is 0.982. The first-order chi connectivity index (χ1) is 9.15. The maximum atomic E-state index is 11.6. The number of hydrogen-bond acceptors (Lipinski definition) is 4. The molecule has 0 bridgehead atoms. The topological polar surface area (TPSA) is 84.6 Å². The minimum absolute atomic E-state index is 0.0573. The van der Waals surface area contributed by atoms with E-state index < -0.39 is 12.2 Å². The van der Waals surface area contributed by atoms with Gasteiger partial charge in [-0.05, 0) is 24.8 Å². The van der Waals surface area contributed by atoms with Crippen molar-refractivity contribution < 1.29 is 14.6 Å². The fraction of sp³-hybridized carbons (Fsp3) is 0.500. The third kappa shape index (κ3) is 4.22. The first-order valence-electron chi connectivity index (χ1n) is 6.56. The minimum Gasteiger partial charge on any atom is -0.445 e. The minimum atomic E-state index is -0.548. The van der Waals surface area contributed by atoms with Crippen molar-refractivity contribution >= 4 is 6.09 Å². The third-order valence-corrected chi connectivity index (χ3v) is 3.40. The number of benzene rings is 1. The second-order valence-corrected chi connectivity index (χ2v) is 4.95. The van der Waals surface area contributed by atoms with E-state index in [0.29, 0.717) is 12.8 Å². The molecule has 19 heavy (non-hydrogen) atoms. The second kappa shape index (κ2) is 6.54. The molecule has 1 aliphatic carbocycles. The number of carbonyl (C=O) groups excluding carboxylic acids is 1. The highest BCUT2D eigenvalue weighted by Gasteiger charge is 2.27. The van der Waals surface area contributed by atoms with Crippen LogP contribution in [0.25, 0.3) is 0 Å². The van der Waals surface area contributed by atoms with E-state index in [2.05, 4.69) is 5.32 Å². The Kier molecular flexibility index (Phi) is 4.76. The van der Waals surface area contributed by atoms with Crippen molar-refractivity contribution in [2.75, 3.05) is 0 Å². The molecule has 0 aromatic heterocycles. The van der Waals surface area contributed by atoms with Crippen molar-refractivity contribution in [2.45, 2.75) is 44.1 Å². The van der Waals surface area contributed by atoms with E-state index >= 15 is 0 Å². The lowest BCUT2D eigenvalue weighted by Gasteiger charge is -2.30. The molecule has 1 aromatic rings. The Morgan fingerprint density at radius 3 is 2.79 bits per heavy atom. The quantitative estimate of drug-likeness (QED) is 0.764. The van der Waals surface area contributed by atoms with Crippen LogP contribution < -0.4 is 11.1 Å². The number of nitrogens with one attached hydrogen (secondary N) is 1. The Morgan fingerprint density at radius 1 is 1.37 bits per heavy atom. The van der Waals surface area contributed by atoms with Crippen molar-refractivity contribution in [3.05, 3.63) is 35.9 Å². The van der Waals surface area contributed by atoms with Gasteiger partial charge in [-0.25, -0.2) is 4.79 Å². The average molecular weight is 264 g/mol. The molecule has 0 spiro atoms. The van der Waals surface area contributed by atoms with E-state index in [4.69, 9.17) is 10.5 Å². The molecule has 2 rings (SSSR count). The smallest absolute Gasteiger partial charge is 0.407 e. The first kappa shape index (κ1) is 13.8. The highest BCUT2D eigenvalue weighted by molar-refractivity contribution is 5.67. The normalized spacial score (nSPS) is 26.7. The van der Waals surface area contributed by atoms with Crippen molar-refractivity contribution in [3.8, 4) is 0 Å². The number of alkyl carbamates (subject to hydrolysis) is 1. The Bertz CT molecular complexity index is 410. The van der Waals surface area contributed by atoms with Crippen LogP contribution in [0.2, 0.25) is 0 Å². The fourth-order valence-electron chi connectivity index (χ4n) is 2.23. The number of aliphatic hydroxyl groups excluding tert-OH is 1. The van der Waals surface area contributed by atoms with E-state index in [0.717, 1.165) is 12.0 Å². The molecule has 0 heterocycles. The maximum Gasteiger partial charge on any atom is 0.407 e. The summed E-state index contributed by atoms with van der Waals surface area (Å²) in [7, 11) is 0. The number of rotatable bonds is 3. The van der Waals surface area contributed by atoms with Crippen LogP contribution in [0.4, 0.5) is 4.79 Å². The molecule has 4 N–H and O–H groups in total. The molecule has 0 radical (unpaired) electrons. The summed E-state index contributed by atoms with van der Waals surface area (Å²) in [4.78, 5) is 11.6. The average Bonchev–Trinajstić information content (AvgIpc) is 2.42. The number of ether oxygens (including phenoxy) is 1. The number of amides is 1. The number of aliphatic hydroxyl groups is 1. The van der Waals surface area contributed by atoms with Crippen LogP contribution >= 0.6 is 0 Å². The standard InChI is InChI=1S/C14H20N2O3/c15-12-7-6-11(8-13(12)17)16-14(18)19-9-10-4-2-1-3-5-10/h1-5,11-13,17H,6-9,15H2,(H,16,18). The van der Waals surface area contributed by atoms with E-state index in [9.17, 15) is 9.90 Å². The number of nitrogens with two attached hydrogens (primary N) is 1. The van der Waals surface area contributed by atoms with Crippen LogP contribution in [0.5, 0.6) is 0 Å². The molecule has 1 aromatic carbocycles. The van der Waals surface area contributed by atoms with Crippen LogP contribution in [0.1, 0.15) is 24.8 Å². The van der Waals surface area contributed by atoms with Crippen molar-refractivity contribution in [1.82, 2.24) is 5.32 Å². The monoisotopic (exact) mass is 264 g/mol. The zero-order valence-electron chi connectivity index (χ0n) is 10.8. The van der Waals surface area contributed by atoms with Crippen LogP contribution in [0.3, 0.4) is 0 Å². The predicted molar refractivity (Wildman–Crippen MR) is 71.4 cm³/mol. The van der Waals surface area contributed by atoms with Gasteiger partial charge in [-0.3, -0.25) is 0 Å². The molecular formula is C14H20N2O3. The fourth-order valence-corrected chi connectivity index (χ4v) is 2.23. The van der Waals surface area contributed by atoms with Crippen LogP contribution in [-0.2, 0) is 11.3 Å². The summed E-state index contributed by atoms with van der Waals surface area (Å²) in [6, 6.07) is 9.27. The van der Waals surface area contributed by atoms with Gasteiger partial charge in [0.25, 0.3) is 0 Å². The first-order valence-corrected chi connectivity index (χ1v) is 6.56. The number of hydrogen-bond donors (Lipinski definition) is 3. The van der Waals surface area contributed by atoms with Gasteiger partial charge < -0.3 is 20.9 Å². The summed E-state index contributed by atoms with van der Waals surface area (Å²) in [6.45, 7) is 0.251. The lowest BCUT2D eigenvalue weighted by Crippen LogP contribution is -2.48. The van der Waals surface area contributed by atoms with Crippen molar-refractivity contribution in [3.63, 3.8) is 0 Å². The summed E-state index contributed by atoms with van der Waals surface area (Å²) in [5.74, 6) is 0.